The maximum atomic E-state index is 15.3. The van der Waals surface area contributed by atoms with Gasteiger partial charge in [0.25, 0.3) is 0 Å². The highest BCUT2D eigenvalue weighted by Crippen LogP contribution is 2.50. The molecule has 2 saturated heterocycles. The standard InChI is InChI=1S/C51H56FN7O3S/c1-31-33(3)63-50-46(31)48(53-32(2)49-55-54-34(4)59(49)50)35-10-13-37(14-11-35)57-22-20-51(61,21-23-57)30-56-24-26-58(27-25-56)38-15-18-43(45(29-38)62-5)47-40-19-16-39(60)28-36(40)12-17-42(47)41-8-6-7-9-44(41)52/h6-11,13-16,18-19,28-29,32,42,47,60-61H,12,17,20-27,30H2,1-5H3/t32-,42-,47-/m0/s1. The van der Waals surface area contributed by atoms with Crippen molar-refractivity contribution in [2.75, 3.05) is 62.7 Å². The van der Waals surface area contributed by atoms with Gasteiger partial charge in [-0.3, -0.25) is 14.5 Å². The topological polar surface area (TPSA) is 102 Å². The molecule has 4 aliphatic rings. The Morgan fingerprint density at radius 1 is 0.825 bits per heavy atom. The Labute approximate surface area is 373 Å². The highest BCUT2D eigenvalue weighted by Gasteiger charge is 2.38. The fourth-order valence-corrected chi connectivity index (χ4v) is 11.9. The third-order valence-corrected chi connectivity index (χ3v) is 15.4. The Balaban J connectivity index is 0.783. The quantitative estimate of drug-likeness (QED) is 0.156. The Morgan fingerprint density at radius 3 is 2.29 bits per heavy atom. The molecule has 0 saturated carbocycles. The van der Waals surface area contributed by atoms with Crippen molar-refractivity contribution >= 4 is 28.4 Å². The van der Waals surface area contributed by atoms with Gasteiger partial charge in [-0.2, -0.15) is 0 Å². The number of aryl methyl sites for hydroxylation is 3. The number of phenols is 1. The number of aliphatic hydroxyl groups is 1. The minimum absolute atomic E-state index is 0.0693. The molecule has 326 valence electrons. The second-order valence-electron chi connectivity index (χ2n) is 18.0. The third-order valence-electron chi connectivity index (χ3n) is 14.3. The molecule has 2 fully saturated rings. The van der Waals surface area contributed by atoms with E-state index in [-0.39, 0.29) is 29.4 Å². The molecule has 1 aliphatic carbocycles. The molecule has 10 nitrogen and oxygen atoms in total. The van der Waals surface area contributed by atoms with Gasteiger partial charge in [-0.05, 0) is 118 Å². The number of methoxy groups -OCH3 is 1. The summed E-state index contributed by atoms with van der Waals surface area (Å²) in [5.41, 5.74) is 9.98. The Bertz CT molecular complexity index is 2690. The van der Waals surface area contributed by atoms with Gasteiger partial charge in [0, 0.05) is 90.7 Å². The van der Waals surface area contributed by atoms with Gasteiger partial charge < -0.3 is 24.7 Å². The van der Waals surface area contributed by atoms with Gasteiger partial charge in [-0.1, -0.05) is 42.5 Å². The maximum Gasteiger partial charge on any atom is 0.162 e. The lowest BCUT2D eigenvalue weighted by atomic mass is 9.69. The lowest BCUT2D eigenvalue weighted by Gasteiger charge is -2.44. The fourth-order valence-electron chi connectivity index (χ4n) is 10.7. The largest absolute Gasteiger partial charge is 0.508 e. The van der Waals surface area contributed by atoms with Crippen LogP contribution in [0.1, 0.15) is 99.5 Å². The van der Waals surface area contributed by atoms with Gasteiger partial charge in [0.2, 0.25) is 0 Å². The molecule has 4 aromatic carbocycles. The number of halogens is 1. The number of hydrogen-bond acceptors (Lipinski definition) is 10. The van der Waals surface area contributed by atoms with Crippen LogP contribution >= 0.6 is 11.3 Å². The number of aromatic nitrogens is 3. The highest BCUT2D eigenvalue weighted by atomic mass is 32.1. The number of piperazine rings is 1. The number of piperidine rings is 1. The molecular formula is C51H56FN7O3S. The summed E-state index contributed by atoms with van der Waals surface area (Å²) in [6, 6.07) is 27.9. The van der Waals surface area contributed by atoms with Crippen molar-refractivity contribution in [3.05, 3.63) is 146 Å². The normalized spacial score (nSPS) is 21.0. The summed E-state index contributed by atoms with van der Waals surface area (Å²) in [7, 11) is 1.71. The van der Waals surface area contributed by atoms with Gasteiger partial charge in [0.1, 0.15) is 34.2 Å². The summed E-state index contributed by atoms with van der Waals surface area (Å²) in [6.07, 6.45) is 2.97. The predicted octanol–water partition coefficient (Wildman–Crippen LogP) is 9.03. The van der Waals surface area contributed by atoms with E-state index in [4.69, 9.17) is 9.73 Å². The number of phenolic OH excluding ortho intramolecular Hbond substituents is 1. The van der Waals surface area contributed by atoms with Crippen LogP contribution in [-0.2, 0) is 6.42 Å². The number of hydrogen-bond donors (Lipinski definition) is 2. The van der Waals surface area contributed by atoms with E-state index in [1.807, 2.05) is 31.2 Å². The molecule has 10 rings (SSSR count). The molecule has 5 heterocycles. The van der Waals surface area contributed by atoms with Crippen molar-refractivity contribution in [2.45, 2.75) is 76.9 Å². The zero-order chi connectivity index (χ0) is 43.6. The molecule has 0 unspecified atom stereocenters. The second kappa shape index (κ2) is 16.5. The highest BCUT2D eigenvalue weighted by molar-refractivity contribution is 7.15. The first-order valence-corrected chi connectivity index (χ1v) is 23.2. The first kappa shape index (κ1) is 41.5. The molecule has 3 aliphatic heterocycles. The molecule has 63 heavy (non-hydrogen) atoms. The number of ether oxygens (including phenoxy) is 1. The lowest BCUT2D eigenvalue weighted by molar-refractivity contribution is -0.0173. The molecule has 12 heteroatoms. The van der Waals surface area contributed by atoms with E-state index in [1.54, 1.807) is 36.6 Å². The first-order chi connectivity index (χ1) is 30.5. The number of aromatic hydroxyl groups is 1. The van der Waals surface area contributed by atoms with E-state index in [0.29, 0.717) is 24.9 Å². The number of anilines is 2. The van der Waals surface area contributed by atoms with Crippen molar-refractivity contribution in [1.82, 2.24) is 19.7 Å². The average Bonchev–Trinajstić information content (AvgIpc) is 3.78. The van der Waals surface area contributed by atoms with Crippen LogP contribution in [0.3, 0.4) is 0 Å². The molecule has 3 atom stereocenters. The van der Waals surface area contributed by atoms with Crippen molar-refractivity contribution < 1.29 is 19.3 Å². The summed E-state index contributed by atoms with van der Waals surface area (Å²) >= 11 is 1.78. The lowest BCUT2D eigenvalue weighted by Crippen LogP contribution is -2.55. The van der Waals surface area contributed by atoms with Crippen LogP contribution in [0, 0.1) is 26.6 Å². The van der Waals surface area contributed by atoms with E-state index < -0.39 is 5.60 Å². The van der Waals surface area contributed by atoms with Crippen LogP contribution in [0.2, 0.25) is 0 Å². The van der Waals surface area contributed by atoms with Crippen LogP contribution in [0.25, 0.3) is 5.00 Å². The van der Waals surface area contributed by atoms with Crippen LogP contribution < -0.4 is 14.5 Å². The van der Waals surface area contributed by atoms with Crippen LogP contribution in [0.5, 0.6) is 11.5 Å². The summed E-state index contributed by atoms with van der Waals surface area (Å²) in [6.45, 7) is 14.1. The Hall–Kier alpha value is -5.56. The molecule has 2 aromatic heterocycles. The smallest absolute Gasteiger partial charge is 0.162 e. The minimum atomic E-state index is -0.737. The van der Waals surface area contributed by atoms with Crippen molar-refractivity contribution in [3.63, 3.8) is 0 Å². The van der Waals surface area contributed by atoms with Crippen LogP contribution in [0.15, 0.2) is 89.9 Å². The molecule has 6 aromatic rings. The molecule has 0 spiro atoms. The molecule has 0 bridgehead atoms. The second-order valence-corrected chi connectivity index (χ2v) is 19.2. The number of benzene rings is 4. The van der Waals surface area contributed by atoms with Gasteiger partial charge in [-0.15, -0.1) is 21.5 Å². The van der Waals surface area contributed by atoms with E-state index in [1.165, 1.54) is 21.7 Å². The number of thiophene rings is 1. The summed E-state index contributed by atoms with van der Waals surface area (Å²) in [4.78, 5) is 13.7. The van der Waals surface area contributed by atoms with Gasteiger partial charge in [0.15, 0.2) is 5.82 Å². The maximum absolute atomic E-state index is 15.3. The number of fused-ring (bicyclic) bond motifs is 4. The van der Waals surface area contributed by atoms with Crippen molar-refractivity contribution in [3.8, 4) is 16.5 Å². The molecule has 0 amide bonds. The number of nitrogens with zero attached hydrogens (tertiary/aromatic N) is 7. The number of β-amino-alcohol motifs (C(OH)–C–C–N with tert-alkyl or cyclic N) is 1. The predicted molar refractivity (Wildman–Crippen MR) is 249 cm³/mol. The summed E-state index contributed by atoms with van der Waals surface area (Å²) in [5, 5.41) is 32.3. The number of rotatable bonds is 8. The Kier molecular flexibility index (Phi) is 10.9. The third kappa shape index (κ3) is 7.59. The van der Waals surface area contributed by atoms with E-state index in [9.17, 15) is 10.2 Å². The zero-order valence-corrected chi connectivity index (χ0v) is 37.6. The Morgan fingerprint density at radius 2 is 1.54 bits per heavy atom. The zero-order valence-electron chi connectivity index (χ0n) is 36.8. The van der Waals surface area contributed by atoms with Gasteiger partial charge in [-0.25, -0.2) is 4.39 Å². The van der Waals surface area contributed by atoms with Gasteiger partial charge in [0.05, 0.1) is 18.4 Å². The van der Waals surface area contributed by atoms with Crippen LogP contribution in [0.4, 0.5) is 15.8 Å². The minimum Gasteiger partial charge on any atom is -0.508 e. The summed E-state index contributed by atoms with van der Waals surface area (Å²) < 4.78 is 23.6. The molecule has 2 N–H and O–H groups in total. The molecular weight excluding hydrogens is 810 g/mol. The first-order valence-electron chi connectivity index (χ1n) is 22.4. The summed E-state index contributed by atoms with van der Waals surface area (Å²) in [5.74, 6) is 2.41. The van der Waals surface area contributed by atoms with Crippen molar-refractivity contribution in [2.24, 2.45) is 4.99 Å². The fraction of sp³-hybridized carbons (Fsp3) is 0.392. The van der Waals surface area contributed by atoms with E-state index in [0.717, 1.165) is 108 Å². The van der Waals surface area contributed by atoms with Crippen LogP contribution in [-0.4, -0.2) is 94.1 Å². The van der Waals surface area contributed by atoms with E-state index >= 15 is 4.39 Å². The monoisotopic (exact) mass is 865 g/mol. The number of aliphatic imine (C=N–C) groups is 1. The molecule has 0 radical (unpaired) electrons. The van der Waals surface area contributed by atoms with Crippen molar-refractivity contribution in [1.29, 1.82) is 0 Å². The van der Waals surface area contributed by atoms with Gasteiger partial charge >= 0.3 is 0 Å². The van der Waals surface area contributed by atoms with E-state index in [2.05, 4.69) is 92.7 Å². The average molecular weight is 866 g/mol. The SMILES string of the molecule is COc1cc(N2CCN(CC3(O)CCN(c4ccc(C5=N[C@@H](C)c6nnc(C)n6-c6sc(C)c(C)c65)cc4)CC3)CC2)ccc1[C@H]1c2ccc(O)cc2CC[C@H]1c1ccccc1F.